The molecule has 4 N–H and O–H groups in total. The Balaban J connectivity index is 0.00000133. The van der Waals surface area contributed by atoms with Crippen LogP contribution >= 0.6 is 12.4 Å². The summed E-state index contributed by atoms with van der Waals surface area (Å²) < 4.78 is 5.23. The van der Waals surface area contributed by atoms with E-state index < -0.39 is 5.63 Å². The standard InChI is InChI=1S/C11H9N5O2.ClH/c12-14-10-6-3-1-2-4-8(6)18-11(17)9(10)7-5-13-16-15-7;/h1-5,14H,12H2,(H,13,15,16);1H. The summed E-state index contributed by atoms with van der Waals surface area (Å²) in [5.74, 6) is 5.50. The Morgan fingerprint density at radius 1 is 1.32 bits per heavy atom. The zero-order chi connectivity index (χ0) is 12.5. The van der Waals surface area contributed by atoms with Gasteiger partial charge in [0.15, 0.2) is 0 Å². The fourth-order valence-corrected chi connectivity index (χ4v) is 1.85. The number of hydrogen-bond acceptors (Lipinski definition) is 6. The first-order valence-corrected chi connectivity index (χ1v) is 5.20. The lowest BCUT2D eigenvalue weighted by molar-refractivity contribution is 0.563. The average molecular weight is 280 g/mol. The molecule has 0 unspecified atom stereocenters. The number of nitrogens with two attached hydrogens (primary N) is 1. The van der Waals surface area contributed by atoms with Crippen molar-refractivity contribution in [3.8, 4) is 11.3 Å². The molecule has 0 amide bonds. The summed E-state index contributed by atoms with van der Waals surface area (Å²) in [5.41, 5.74) is 3.57. The van der Waals surface area contributed by atoms with Gasteiger partial charge in [0, 0.05) is 5.39 Å². The average Bonchev–Trinajstić information content (AvgIpc) is 2.90. The predicted octanol–water partition coefficient (Wildman–Crippen LogP) is 1.29. The molecule has 0 fully saturated rings. The van der Waals surface area contributed by atoms with Gasteiger partial charge in [0.2, 0.25) is 0 Å². The Labute approximate surface area is 113 Å². The highest BCUT2D eigenvalue weighted by molar-refractivity contribution is 5.97. The van der Waals surface area contributed by atoms with Crippen LogP contribution in [0.4, 0.5) is 5.69 Å². The Kier molecular flexibility index (Phi) is 3.50. The predicted molar refractivity (Wildman–Crippen MR) is 72.9 cm³/mol. The van der Waals surface area contributed by atoms with Crippen LogP contribution in [-0.4, -0.2) is 15.4 Å². The number of para-hydroxylation sites is 1. The molecule has 0 saturated heterocycles. The maximum absolute atomic E-state index is 12.0. The number of aromatic nitrogens is 3. The molecule has 0 atom stereocenters. The maximum Gasteiger partial charge on any atom is 0.348 e. The zero-order valence-corrected chi connectivity index (χ0v) is 10.4. The van der Waals surface area contributed by atoms with E-state index in [1.807, 2.05) is 6.07 Å². The number of benzene rings is 1. The van der Waals surface area contributed by atoms with Gasteiger partial charge in [-0.2, -0.15) is 15.4 Å². The molecule has 0 radical (unpaired) electrons. The Hall–Kier alpha value is -2.38. The van der Waals surface area contributed by atoms with Gasteiger partial charge in [0.1, 0.15) is 16.8 Å². The maximum atomic E-state index is 12.0. The number of aromatic amines is 1. The third kappa shape index (κ3) is 2.05. The van der Waals surface area contributed by atoms with Gasteiger partial charge in [-0.1, -0.05) is 12.1 Å². The number of nitrogens with one attached hydrogen (secondary N) is 2. The Bertz CT molecular complexity index is 753. The van der Waals surface area contributed by atoms with Crippen molar-refractivity contribution in [2.45, 2.75) is 0 Å². The van der Waals surface area contributed by atoms with Crippen molar-refractivity contribution < 1.29 is 4.42 Å². The molecule has 7 nitrogen and oxygen atoms in total. The first-order valence-electron chi connectivity index (χ1n) is 5.20. The third-order valence-electron chi connectivity index (χ3n) is 2.63. The molecule has 2 aromatic heterocycles. The number of nitrogen functional groups attached to an aromatic ring is 1. The van der Waals surface area contributed by atoms with Gasteiger partial charge >= 0.3 is 5.63 Å². The summed E-state index contributed by atoms with van der Waals surface area (Å²) >= 11 is 0. The van der Waals surface area contributed by atoms with Crippen molar-refractivity contribution >= 4 is 29.1 Å². The van der Waals surface area contributed by atoms with Crippen molar-refractivity contribution in [2.24, 2.45) is 5.84 Å². The topological polar surface area (TPSA) is 110 Å². The minimum Gasteiger partial charge on any atom is -0.422 e. The van der Waals surface area contributed by atoms with Crippen LogP contribution in [0, 0.1) is 0 Å². The van der Waals surface area contributed by atoms with Crippen LogP contribution in [0.1, 0.15) is 0 Å². The molecular weight excluding hydrogens is 270 g/mol. The van der Waals surface area contributed by atoms with E-state index in [-0.39, 0.29) is 18.0 Å². The fourth-order valence-electron chi connectivity index (χ4n) is 1.85. The molecule has 0 saturated carbocycles. The lowest BCUT2D eigenvalue weighted by atomic mass is 10.1. The van der Waals surface area contributed by atoms with Crippen molar-refractivity contribution in [1.29, 1.82) is 0 Å². The van der Waals surface area contributed by atoms with Gasteiger partial charge < -0.3 is 9.84 Å². The summed E-state index contributed by atoms with van der Waals surface area (Å²) in [6.07, 6.45) is 1.43. The van der Waals surface area contributed by atoms with E-state index in [1.54, 1.807) is 18.2 Å². The summed E-state index contributed by atoms with van der Waals surface area (Å²) in [5, 5.41) is 10.7. The van der Waals surface area contributed by atoms with Crippen molar-refractivity contribution in [3.05, 3.63) is 40.9 Å². The quantitative estimate of drug-likeness (QED) is 0.370. The molecule has 0 aliphatic carbocycles. The summed E-state index contributed by atoms with van der Waals surface area (Å²) in [6, 6.07) is 7.11. The molecular formula is C11H10ClN5O2. The highest BCUT2D eigenvalue weighted by atomic mass is 35.5. The third-order valence-corrected chi connectivity index (χ3v) is 2.63. The largest absolute Gasteiger partial charge is 0.422 e. The minimum absolute atomic E-state index is 0. The molecule has 2 heterocycles. The highest BCUT2D eigenvalue weighted by Crippen LogP contribution is 2.29. The van der Waals surface area contributed by atoms with Gasteiger partial charge in [0.25, 0.3) is 0 Å². The van der Waals surface area contributed by atoms with Crippen LogP contribution in [0.3, 0.4) is 0 Å². The van der Waals surface area contributed by atoms with Crippen molar-refractivity contribution in [2.75, 3.05) is 5.43 Å². The summed E-state index contributed by atoms with van der Waals surface area (Å²) in [7, 11) is 0. The second kappa shape index (κ2) is 5.09. The normalized spacial score (nSPS) is 10.2. The molecule has 19 heavy (non-hydrogen) atoms. The zero-order valence-electron chi connectivity index (χ0n) is 9.58. The van der Waals surface area contributed by atoms with E-state index in [9.17, 15) is 4.79 Å². The Morgan fingerprint density at radius 3 is 2.79 bits per heavy atom. The smallest absolute Gasteiger partial charge is 0.348 e. The molecule has 8 heteroatoms. The highest BCUT2D eigenvalue weighted by Gasteiger charge is 2.17. The van der Waals surface area contributed by atoms with E-state index in [2.05, 4.69) is 20.8 Å². The van der Waals surface area contributed by atoms with Crippen LogP contribution in [0.5, 0.6) is 0 Å². The van der Waals surface area contributed by atoms with Crippen LogP contribution in [0.25, 0.3) is 22.2 Å². The monoisotopic (exact) mass is 279 g/mol. The lowest BCUT2D eigenvalue weighted by Gasteiger charge is -2.08. The second-order valence-electron chi connectivity index (χ2n) is 3.64. The molecule has 1 aromatic carbocycles. The molecule has 0 bridgehead atoms. The van der Waals surface area contributed by atoms with E-state index >= 15 is 0 Å². The number of halogens is 1. The molecule has 0 aliphatic rings. The molecule has 0 aliphatic heterocycles. The van der Waals surface area contributed by atoms with Gasteiger partial charge in [-0.15, -0.1) is 12.4 Å². The van der Waals surface area contributed by atoms with Gasteiger partial charge in [0.05, 0.1) is 11.9 Å². The number of fused-ring (bicyclic) bond motifs is 1. The van der Waals surface area contributed by atoms with Crippen molar-refractivity contribution in [1.82, 2.24) is 15.4 Å². The number of hydrogen-bond donors (Lipinski definition) is 3. The SMILES string of the molecule is Cl.NNc1c(-c2cn[nH]n2)c(=O)oc2ccccc12. The van der Waals surface area contributed by atoms with E-state index in [1.165, 1.54) is 6.20 Å². The van der Waals surface area contributed by atoms with Crippen LogP contribution in [0.15, 0.2) is 39.7 Å². The lowest BCUT2D eigenvalue weighted by Crippen LogP contribution is -2.14. The molecule has 3 aromatic rings. The van der Waals surface area contributed by atoms with Crippen LogP contribution in [-0.2, 0) is 0 Å². The van der Waals surface area contributed by atoms with Gasteiger partial charge in [-0.05, 0) is 12.1 Å². The fraction of sp³-hybridized carbons (Fsp3) is 0. The number of H-pyrrole nitrogens is 1. The number of hydrazine groups is 1. The van der Waals surface area contributed by atoms with Crippen LogP contribution < -0.4 is 16.9 Å². The van der Waals surface area contributed by atoms with E-state index in [0.717, 1.165) is 0 Å². The van der Waals surface area contributed by atoms with E-state index in [0.29, 0.717) is 22.4 Å². The number of anilines is 1. The molecule has 3 rings (SSSR count). The van der Waals surface area contributed by atoms with Gasteiger partial charge in [-0.25, -0.2) is 4.79 Å². The second-order valence-corrected chi connectivity index (χ2v) is 3.64. The molecule has 98 valence electrons. The first kappa shape index (κ1) is 13.1. The summed E-state index contributed by atoms with van der Waals surface area (Å²) in [4.78, 5) is 12.0. The summed E-state index contributed by atoms with van der Waals surface area (Å²) in [6.45, 7) is 0. The number of nitrogens with zero attached hydrogens (tertiary/aromatic N) is 2. The number of rotatable bonds is 2. The van der Waals surface area contributed by atoms with Gasteiger partial charge in [-0.3, -0.25) is 5.84 Å². The van der Waals surface area contributed by atoms with Crippen LogP contribution in [0.2, 0.25) is 0 Å². The first-order chi connectivity index (χ1) is 8.81. The van der Waals surface area contributed by atoms with Crippen molar-refractivity contribution in [3.63, 3.8) is 0 Å². The molecule has 0 spiro atoms. The minimum atomic E-state index is -0.518. The Morgan fingerprint density at radius 2 is 2.11 bits per heavy atom. The van der Waals surface area contributed by atoms with E-state index in [4.69, 9.17) is 10.3 Å².